The highest BCUT2D eigenvalue weighted by Gasteiger charge is 2.18. The van der Waals surface area contributed by atoms with Gasteiger partial charge in [-0.3, -0.25) is 9.59 Å². The molecule has 0 aromatic heterocycles. The number of hydrogen-bond donors (Lipinski definition) is 2. The van der Waals surface area contributed by atoms with Gasteiger partial charge in [0, 0.05) is 0 Å². The first-order valence-corrected chi connectivity index (χ1v) is 11.1. The summed E-state index contributed by atoms with van der Waals surface area (Å²) in [7, 11) is 0. The molecule has 2 amide bonds. The Kier molecular flexibility index (Phi) is 7.35. The van der Waals surface area contributed by atoms with Gasteiger partial charge in [-0.05, 0) is 42.3 Å². The lowest BCUT2D eigenvalue weighted by Gasteiger charge is -2.17. The van der Waals surface area contributed by atoms with Crippen molar-refractivity contribution < 1.29 is 14.3 Å². The number of amides is 2. The van der Waals surface area contributed by atoms with Crippen LogP contribution < -0.4 is 15.4 Å². The molecule has 0 spiro atoms. The van der Waals surface area contributed by atoms with E-state index in [1.54, 1.807) is 42.5 Å². The molecule has 0 heterocycles. The van der Waals surface area contributed by atoms with E-state index in [0.29, 0.717) is 29.2 Å². The Balaban J connectivity index is 1.48. The predicted octanol–water partition coefficient (Wildman–Crippen LogP) is 6.01. The maximum atomic E-state index is 13.1. The molecule has 0 aliphatic heterocycles. The Bertz CT molecular complexity index is 1260. The van der Waals surface area contributed by atoms with Gasteiger partial charge >= 0.3 is 0 Å². The largest absolute Gasteiger partial charge is 0.488 e. The van der Waals surface area contributed by atoms with Crippen molar-refractivity contribution in [3.8, 4) is 5.75 Å². The Morgan fingerprint density at radius 2 is 1.29 bits per heavy atom. The monoisotopic (exact) mass is 450 g/mol. The first-order chi connectivity index (χ1) is 16.6. The number of ether oxygens (including phenoxy) is 1. The summed E-state index contributed by atoms with van der Waals surface area (Å²) in [6, 6.07) is 33.4. The summed E-state index contributed by atoms with van der Waals surface area (Å²) in [4.78, 5) is 26.1. The highest BCUT2D eigenvalue weighted by molar-refractivity contribution is 6.10. The van der Waals surface area contributed by atoms with Gasteiger partial charge < -0.3 is 15.4 Å². The molecule has 0 aliphatic rings. The average molecular weight is 451 g/mol. The van der Waals surface area contributed by atoms with Crippen molar-refractivity contribution in [2.45, 2.75) is 19.6 Å². The molecule has 0 saturated heterocycles. The molecule has 34 heavy (non-hydrogen) atoms. The second-order valence-corrected chi connectivity index (χ2v) is 7.88. The molecule has 0 aliphatic carbocycles. The van der Waals surface area contributed by atoms with Crippen molar-refractivity contribution in [1.29, 1.82) is 0 Å². The second-order valence-electron chi connectivity index (χ2n) is 7.88. The van der Waals surface area contributed by atoms with Crippen LogP contribution in [0.1, 0.15) is 44.8 Å². The quantitative estimate of drug-likeness (QED) is 0.345. The van der Waals surface area contributed by atoms with Crippen LogP contribution in [0.15, 0.2) is 109 Å². The number of nitrogens with one attached hydrogen (secondary N) is 2. The molecule has 170 valence electrons. The summed E-state index contributed by atoms with van der Waals surface area (Å²) < 4.78 is 5.92. The Hall–Kier alpha value is -4.38. The lowest BCUT2D eigenvalue weighted by Crippen LogP contribution is -2.28. The average Bonchev–Trinajstić information content (AvgIpc) is 2.89. The number of carbonyl (C=O) groups is 2. The van der Waals surface area contributed by atoms with Crippen molar-refractivity contribution in [1.82, 2.24) is 5.32 Å². The van der Waals surface area contributed by atoms with E-state index in [-0.39, 0.29) is 17.9 Å². The summed E-state index contributed by atoms with van der Waals surface area (Å²) in [5.41, 5.74) is 3.23. The maximum Gasteiger partial charge on any atom is 0.259 e. The SMILES string of the molecule is C[C@@H](NC(=O)c1ccccc1NC(=O)c1ccccc1OCc1ccccc1)c1ccccc1. The summed E-state index contributed by atoms with van der Waals surface area (Å²) >= 11 is 0. The number of carbonyl (C=O) groups excluding carboxylic acids is 2. The molecule has 4 aromatic carbocycles. The van der Waals surface area contributed by atoms with Gasteiger partial charge in [-0.1, -0.05) is 84.9 Å². The molecule has 5 nitrogen and oxygen atoms in total. The molecule has 4 rings (SSSR count). The van der Waals surface area contributed by atoms with Gasteiger partial charge in [0.05, 0.1) is 22.9 Å². The molecular formula is C29H26N2O3. The Morgan fingerprint density at radius 3 is 2.03 bits per heavy atom. The van der Waals surface area contributed by atoms with E-state index in [1.807, 2.05) is 73.7 Å². The highest BCUT2D eigenvalue weighted by atomic mass is 16.5. The fourth-order valence-corrected chi connectivity index (χ4v) is 3.59. The van der Waals surface area contributed by atoms with Crippen LogP contribution in [0.2, 0.25) is 0 Å². The Labute approximate surface area is 199 Å². The molecule has 2 N–H and O–H groups in total. The van der Waals surface area contributed by atoms with Crippen LogP contribution >= 0.6 is 0 Å². The predicted molar refractivity (Wildman–Crippen MR) is 134 cm³/mol. The molecule has 4 aromatic rings. The van der Waals surface area contributed by atoms with Crippen molar-refractivity contribution in [2.75, 3.05) is 5.32 Å². The van der Waals surface area contributed by atoms with Gasteiger partial charge in [-0.2, -0.15) is 0 Å². The van der Waals surface area contributed by atoms with Crippen LogP contribution in [-0.4, -0.2) is 11.8 Å². The van der Waals surface area contributed by atoms with Crippen LogP contribution in [0.25, 0.3) is 0 Å². The molecule has 0 unspecified atom stereocenters. The zero-order chi connectivity index (χ0) is 23.8. The van der Waals surface area contributed by atoms with Crippen molar-refractivity contribution in [3.05, 3.63) is 131 Å². The van der Waals surface area contributed by atoms with E-state index in [4.69, 9.17) is 4.74 Å². The summed E-state index contributed by atoms with van der Waals surface area (Å²) in [5.74, 6) is -0.135. The Morgan fingerprint density at radius 1 is 0.706 bits per heavy atom. The normalized spacial score (nSPS) is 11.3. The van der Waals surface area contributed by atoms with E-state index in [1.165, 1.54) is 0 Å². The molecule has 0 radical (unpaired) electrons. The summed E-state index contributed by atoms with van der Waals surface area (Å²) in [6.07, 6.45) is 0. The highest BCUT2D eigenvalue weighted by Crippen LogP contribution is 2.23. The maximum absolute atomic E-state index is 13.1. The van der Waals surface area contributed by atoms with Gasteiger partial charge in [0.2, 0.25) is 0 Å². The van der Waals surface area contributed by atoms with E-state index in [0.717, 1.165) is 11.1 Å². The number of anilines is 1. The van der Waals surface area contributed by atoms with Crippen molar-refractivity contribution in [2.24, 2.45) is 0 Å². The molecule has 1 atom stereocenters. The fourth-order valence-electron chi connectivity index (χ4n) is 3.59. The summed E-state index contributed by atoms with van der Waals surface area (Å²) in [5, 5.41) is 5.88. The van der Waals surface area contributed by atoms with Gasteiger partial charge in [0.1, 0.15) is 12.4 Å². The second kappa shape index (κ2) is 11.0. The zero-order valence-corrected chi connectivity index (χ0v) is 18.9. The van der Waals surface area contributed by atoms with Crippen LogP contribution in [0.5, 0.6) is 5.75 Å². The smallest absolute Gasteiger partial charge is 0.259 e. The first kappa shape index (κ1) is 22.8. The number of rotatable bonds is 8. The minimum atomic E-state index is -0.347. The molecule has 0 fully saturated rings. The van der Waals surface area contributed by atoms with Crippen LogP contribution in [0.4, 0.5) is 5.69 Å². The van der Waals surface area contributed by atoms with Gasteiger partial charge in [0.25, 0.3) is 11.8 Å². The first-order valence-electron chi connectivity index (χ1n) is 11.1. The van der Waals surface area contributed by atoms with Crippen LogP contribution in [0.3, 0.4) is 0 Å². The van der Waals surface area contributed by atoms with E-state index in [2.05, 4.69) is 10.6 Å². The van der Waals surface area contributed by atoms with E-state index < -0.39 is 0 Å². The number of hydrogen-bond acceptors (Lipinski definition) is 3. The van der Waals surface area contributed by atoms with Gasteiger partial charge in [-0.25, -0.2) is 0 Å². The zero-order valence-electron chi connectivity index (χ0n) is 18.9. The molecule has 0 saturated carbocycles. The lowest BCUT2D eigenvalue weighted by molar-refractivity contribution is 0.0940. The number of para-hydroxylation sites is 2. The molecule has 0 bridgehead atoms. The third-order valence-corrected chi connectivity index (χ3v) is 5.44. The lowest BCUT2D eigenvalue weighted by atomic mass is 10.1. The minimum absolute atomic E-state index is 0.176. The van der Waals surface area contributed by atoms with E-state index in [9.17, 15) is 9.59 Å². The molecule has 5 heteroatoms. The third-order valence-electron chi connectivity index (χ3n) is 5.44. The van der Waals surface area contributed by atoms with E-state index >= 15 is 0 Å². The van der Waals surface area contributed by atoms with Crippen LogP contribution in [-0.2, 0) is 6.61 Å². The van der Waals surface area contributed by atoms with Crippen LogP contribution in [0, 0.1) is 0 Å². The minimum Gasteiger partial charge on any atom is -0.488 e. The topological polar surface area (TPSA) is 67.4 Å². The van der Waals surface area contributed by atoms with Gasteiger partial charge in [-0.15, -0.1) is 0 Å². The third kappa shape index (κ3) is 5.70. The number of benzene rings is 4. The standard InChI is InChI=1S/C29H26N2O3/c1-21(23-14-6-3-7-15-23)30-28(32)24-16-8-10-18-26(24)31-29(33)25-17-9-11-19-27(25)34-20-22-12-4-2-5-13-22/h2-19,21H,20H2,1H3,(H,30,32)(H,31,33)/t21-/m1/s1. The fraction of sp³-hybridized carbons (Fsp3) is 0.103. The van der Waals surface area contributed by atoms with Gasteiger partial charge in [0.15, 0.2) is 0 Å². The molecular weight excluding hydrogens is 424 g/mol. The van der Waals surface area contributed by atoms with Crippen molar-refractivity contribution in [3.63, 3.8) is 0 Å². The van der Waals surface area contributed by atoms with Crippen molar-refractivity contribution >= 4 is 17.5 Å². The summed E-state index contributed by atoms with van der Waals surface area (Å²) in [6.45, 7) is 2.27.